The van der Waals surface area contributed by atoms with Gasteiger partial charge in [-0.2, -0.15) is 0 Å². The molecular formula is C16H16BrNO2. The van der Waals surface area contributed by atoms with Crippen LogP contribution in [0.1, 0.15) is 17.0 Å². The van der Waals surface area contributed by atoms with Gasteiger partial charge >= 0.3 is 5.97 Å². The van der Waals surface area contributed by atoms with E-state index in [0.717, 1.165) is 15.6 Å². The van der Waals surface area contributed by atoms with Crippen molar-refractivity contribution in [1.29, 1.82) is 0 Å². The van der Waals surface area contributed by atoms with Gasteiger partial charge in [0.2, 0.25) is 0 Å². The minimum atomic E-state index is -0.418. The Bertz CT molecular complexity index is 572. The Kier molecular flexibility index (Phi) is 5.32. The molecule has 0 spiro atoms. The summed E-state index contributed by atoms with van der Waals surface area (Å²) in [5.41, 5.74) is 7.51. The Hall–Kier alpha value is -1.65. The van der Waals surface area contributed by atoms with E-state index in [0.29, 0.717) is 0 Å². The van der Waals surface area contributed by atoms with Crippen LogP contribution in [0.3, 0.4) is 0 Å². The first-order valence-corrected chi connectivity index (χ1v) is 7.16. The van der Waals surface area contributed by atoms with Crippen molar-refractivity contribution >= 4 is 21.9 Å². The van der Waals surface area contributed by atoms with Crippen LogP contribution < -0.4 is 5.73 Å². The topological polar surface area (TPSA) is 52.3 Å². The molecule has 1 unspecified atom stereocenters. The minimum absolute atomic E-state index is 0.235. The summed E-state index contributed by atoms with van der Waals surface area (Å²) in [5.74, 6) is -0.715. The van der Waals surface area contributed by atoms with Crippen LogP contribution in [0.2, 0.25) is 0 Å². The third kappa shape index (κ3) is 3.68. The molecule has 20 heavy (non-hydrogen) atoms. The first-order valence-electron chi connectivity index (χ1n) is 6.37. The second-order valence-corrected chi connectivity index (χ2v) is 5.25. The summed E-state index contributed by atoms with van der Waals surface area (Å²) >= 11 is 3.43. The van der Waals surface area contributed by atoms with Crippen molar-refractivity contribution in [3.63, 3.8) is 0 Å². The smallest absolute Gasteiger partial charge is 0.315 e. The van der Waals surface area contributed by atoms with Gasteiger partial charge in [-0.05, 0) is 11.6 Å². The Morgan fingerprint density at radius 2 is 1.75 bits per heavy atom. The third-order valence-corrected chi connectivity index (χ3v) is 3.82. The van der Waals surface area contributed by atoms with E-state index in [1.54, 1.807) is 0 Å². The van der Waals surface area contributed by atoms with Gasteiger partial charge in [-0.25, -0.2) is 0 Å². The summed E-state index contributed by atoms with van der Waals surface area (Å²) in [5, 5.41) is 0. The quantitative estimate of drug-likeness (QED) is 0.854. The maximum absolute atomic E-state index is 12.1. The third-order valence-electron chi connectivity index (χ3n) is 3.05. The van der Waals surface area contributed by atoms with Crippen LogP contribution in [-0.4, -0.2) is 12.5 Å². The summed E-state index contributed by atoms with van der Waals surface area (Å²) < 4.78 is 6.30. The number of hydrogen-bond acceptors (Lipinski definition) is 3. The van der Waals surface area contributed by atoms with E-state index in [2.05, 4.69) is 15.9 Å². The molecule has 0 saturated carbocycles. The molecule has 0 amide bonds. The highest BCUT2D eigenvalue weighted by atomic mass is 79.9. The van der Waals surface area contributed by atoms with Crippen molar-refractivity contribution < 1.29 is 9.53 Å². The van der Waals surface area contributed by atoms with E-state index >= 15 is 0 Å². The lowest BCUT2D eigenvalue weighted by atomic mass is 10.00. The first-order chi connectivity index (χ1) is 9.72. The van der Waals surface area contributed by atoms with Crippen LogP contribution >= 0.6 is 15.9 Å². The fraction of sp³-hybridized carbons (Fsp3) is 0.188. The maximum atomic E-state index is 12.1. The highest BCUT2D eigenvalue weighted by Gasteiger charge is 2.20. The number of esters is 1. The van der Waals surface area contributed by atoms with Crippen molar-refractivity contribution in [2.45, 2.75) is 12.5 Å². The van der Waals surface area contributed by atoms with Gasteiger partial charge in [0.25, 0.3) is 0 Å². The molecule has 0 radical (unpaired) electrons. The van der Waals surface area contributed by atoms with E-state index in [1.807, 2.05) is 54.6 Å². The monoisotopic (exact) mass is 333 g/mol. The molecule has 0 aliphatic heterocycles. The molecule has 2 aromatic rings. The molecule has 104 valence electrons. The Labute approximate surface area is 126 Å². The zero-order chi connectivity index (χ0) is 14.4. The normalized spacial score (nSPS) is 11.9. The Morgan fingerprint density at radius 1 is 1.10 bits per heavy atom. The standard InChI is InChI=1S/C16H16BrNO2/c17-15-9-5-4-8-13(15)11-20-16(19)14(10-18)12-6-2-1-3-7-12/h1-9,14H,10-11,18H2. The Morgan fingerprint density at radius 3 is 2.40 bits per heavy atom. The maximum Gasteiger partial charge on any atom is 0.315 e. The average Bonchev–Trinajstić information content (AvgIpc) is 2.48. The second kappa shape index (κ2) is 7.22. The van der Waals surface area contributed by atoms with Gasteiger partial charge in [0.1, 0.15) is 6.61 Å². The SMILES string of the molecule is NCC(C(=O)OCc1ccccc1Br)c1ccccc1. The molecule has 0 aliphatic carbocycles. The molecule has 0 bridgehead atoms. The Balaban J connectivity index is 2.02. The van der Waals surface area contributed by atoms with Gasteiger partial charge < -0.3 is 10.5 Å². The number of ether oxygens (including phenoxy) is 1. The van der Waals surface area contributed by atoms with Gasteiger partial charge in [0.15, 0.2) is 0 Å². The molecule has 2 rings (SSSR count). The van der Waals surface area contributed by atoms with Crippen LogP contribution in [0.5, 0.6) is 0 Å². The van der Waals surface area contributed by atoms with Gasteiger partial charge in [0, 0.05) is 16.6 Å². The summed E-state index contributed by atoms with van der Waals surface area (Å²) in [6, 6.07) is 17.1. The van der Waals surface area contributed by atoms with Gasteiger partial charge in [0.05, 0.1) is 5.92 Å². The predicted molar refractivity (Wildman–Crippen MR) is 82.2 cm³/mol. The second-order valence-electron chi connectivity index (χ2n) is 4.40. The number of rotatable bonds is 5. The van der Waals surface area contributed by atoms with Gasteiger partial charge in [-0.1, -0.05) is 64.5 Å². The molecule has 1 atom stereocenters. The lowest BCUT2D eigenvalue weighted by molar-refractivity contribution is -0.146. The lowest BCUT2D eigenvalue weighted by Crippen LogP contribution is -2.23. The fourth-order valence-electron chi connectivity index (χ4n) is 1.92. The van der Waals surface area contributed by atoms with E-state index in [4.69, 9.17) is 10.5 Å². The zero-order valence-corrected chi connectivity index (χ0v) is 12.5. The molecule has 4 heteroatoms. The zero-order valence-electron chi connectivity index (χ0n) is 11.0. The molecule has 2 aromatic carbocycles. The van der Waals surface area contributed by atoms with Crippen LogP contribution in [-0.2, 0) is 16.1 Å². The van der Waals surface area contributed by atoms with Crippen molar-refractivity contribution in [1.82, 2.24) is 0 Å². The van der Waals surface area contributed by atoms with E-state index in [9.17, 15) is 4.79 Å². The molecule has 0 aliphatic rings. The van der Waals surface area contributed by atoms with Crippen LogP contribution in [0.15, 0.2) is 59.1 Å². The first kappa shape index (κ1) is 14.8. The van der Waals surface area contributed by atoms with Gasteiger partial charge in [-0.3, -0.25) is 4.79 Å². The largest absolute Gasteiger partial charge is 0.460 e. The predicted octanol–water partition coefficient (Wildman–Crippen LogP) is 3.23. The summed E-state index contributed by atoms with van der Waals surface area (Å²) in [4.78, 5) is 12.1. The van der Waals surface area contributed by atoms with Gasteiger partial charge in [-0.15, -0.1) is 0 Å². The summed E-state index contributed by atoms with van der Waals surface area (Å²) in [6.07, 6.45) is 0. The van der Waals surface area contributed by atoms with E-state index in [1.165, 1.54) is 0 Å². The minimum Gasteiger partial charge on any atom is -0.460 e. The molecular weight excluding hydrogens is 318 g/mol. The number of benzene rings is 2. The van der Waals surface area contributed by atoms with E-state index in [-0.39, 0.29) is 19.1 Å². The van der Waals surface area contributed by atoms with Crippen LogP contribution in [0, 0.1) is 0 Å². The van der Waals surface area contributed by atoms with Crippen molar-refractivity contribution in [2.75, 3.05) is 6.54 Å². The summed E-state index contributed by atoms with van der Waals surface area (Å²) in [7, 11) is 0. The average molecular weight is 334 g/mol. The summed E-state index contributed by atoms with van der Waals surface area (Å²) in [6.45, 7) is 0.475. The molecule has 2 N–H and O–H groups in total. The van der Waals surface area contributed by atoms with Crippen molar-refractivity contribution in [3.8, 4) is 0 Å². The van der Waals surface area contributed by atoms with E-state index < -0.39 is 5.92 Å². The molecule has 0 fully saturated rings. The number of carbonyl (C=O) groups excluding carboxylic acids is 1. The number of hydrogen-bond donors (Lipinski definition) is 1. The molecule has 0 saturated heterocycles. The highest BCUT2D eigenvalue weighted by molar-refractivity contribution is 9.10. The molecule has 0 aromatic heterocycles. The fourth-order valence-corrected chi connectivity index (χ4v) is 2.32. The van der Waals surface area contributed by atoms with Crippen molar-refractivity contribution in [2.24, 2.45) is 5.73 Å². The number of nitrogens with two attached hydrogens (primary N) is 1. The number of carbonyl (C=O) groups is 1. The highest BCUT2D eigenvalue weighted by Crippen LogP contribution is 2.20. The number of halogens is 1. The van der Waals surface area contributed by atoms with Crippen LogP contribution in [0.4, 0.5) is 0 Å². The molecule has 3 nitrogen and oxygen atoms in total. The molecule has 0 heterocycles. The van der Waals surface area contributed by atoms with Crippen LogP contribution in [0.25, 0.3) is 0 Å². The van der Waals surface area contributed by atoms with Crippen molar-refractivity contribution in [3.05, 3.63) is 70.2 Å². The lowest BCUT2D eigenvalue weighted by Gasteiger charge is -2.14.